The maximum absolute atomic E-state index is 4.96. The van der Waals surface area contributed by atoms with Gasteiger partial charge in [0.1, 0.15) is 0 Å². The van der Waals surface area contributed by atoms with Gasteiger partial charge in [0, 0.05) is 5.39 Å². The highest BCUT2D eigenvalue weighted by molar-refractivity contribution is 5.73. The van der Waals surface area contributed by atoms with Gasteiger partial charge in [-0.25, -0.2) is 0 Å². The Labute approximate surface area is 51.3 Å². The second-order valence-corrected chi connectivity index (χ2v) is 1.66. The van der Waals surface area contributed by atoms with E-state index in [0.717, 1.165) is 5.39 Å². The van der Waals surface area contributed by atoms with Crippen LogP contribution < -0.4 is 0 Å². The lowest BCUT2D eigenvalue weighted by Gasteiger charge is -1.78. The van der Waals surface area contributed by atoms with Crippen molar-refractivity contribution in [1.82, 2.24) is 10.2 Å². The zero-order valence-corrected chi connectivity index (χ0v) is 4.53. The van der Waals surface area contributed by atoms with Gasteiger partial charge >= 0.3 is 0 Å². The van der Waals surface area contributed by atoms with Gasteiger partial charge in [-0.05, 0) is 6.07 Å². The van der Waals surface area contributed by atoms with Crippen LogP contribution in [0.25, 0.3) is 11.0 Å². The molecule has 0 atom stereocenters. The molecule has 0 unspecified atom stereocenters. The summed E-state index contributed by atoms with van der Waals surface area (Å²) in [5, 5.41) is 8.07. The van der Waals surface area contributed by atoms with Gasteiger partial charge in [0.2, 0.25) is 0 Å². The number of hydrogen-bond donors (Lipinski definition) is 0. The van der Waals surface area contributed by atoms with Gasteiger partial charge in [-0.2, -0.15) is 5.10 Å². The molecule has 0 saturated carbocycles. The van der Waals surface area contributed by atoms with Crippen molar-refractivity contribution in [1.29, 1.82) is 0 Å². The molecule has 3 nitrogen and oxygen atoms in total. The fraction of sp³-hybridized carbons (Fsp3) is 0. The summed E-state index contributed by atoms with van der Waals surface area (Å²) < 4.78 is 4.96. The molecule has 0 aliphatic rings. The zero-order valence-electron chi connectivity index (χ0n) is 4.53. The van der Waals surface area contributed by atoms with Crippen molar-refractivity contribution in [3.05, 3.63) is 24.7 Å². The first-order chi connectivity index (χ1) is 4.47. The lowest BCUT2D eigenvalue weighted by atomic mass is 10.4. The Balaban J connectivity index is 2.95. The Morgan fingerprint density at radius 1 is 1.56 bits per heavy atom. The normalized spacial score (nSPS) is 10.2. The second-order valence-electron chi connectivity index (χ2n) is 1.66. The Morgan fingerprint density at radius 2 is 2.56 bits per heavy atom. The quantitative estimate of drug-likeness (QED) is 0.519. The number of nitrogens with zero attached hydrogens (tertiary/aromatic N) is 2. The first kappa shape index (κ1) is 4.49. The standard InChI is InChI=1S/C6H3N2O/c1-2-9-6-4-8-7-3-5(1)6/h1-3H. The van der Waals surface area contributed by atoms with E-state index in [4.69, 9.17) is 4.42 Å². The fourth-order valence-corrected chi connectivity index (χ4v) is 0.677. The molecule has 0 aliphatic heterocycles. The van der Waals surface area contributed by atoms with E-state index in [1.807, 2.05) is 6.07 Å². The third-order valence-corrected chi connectivity index (χ3v) is 1.10. The van der Waals surface area contributed by atoms with Gasteiger partial charge in [-0.15, -0.1) is 5.10 Å². The van der Waals surface area contributed by atoms with Crippen molar-refractivity contribution in [2.24, 2.45) is 0 Å². The van der Waals surface area contributed by atoms with Crippen LogP contribution in [0.4, 0.5) is 0 Å². The fourth-order valence-electron chi connectivity index (χ4n) is 0.677. The van der Waals surface area contributed by atoms with E-state index in [2.05, 4.69) is 16.4 Å². The smallest absolute Gasteiger partial charge is 0.165 e. The molecule has 0 amide bonds. The molecular weight excluding hydrogens is 116 g/mol. The summed E-state index contributed by atoms with van der Waals surface area (Å²) in [6.07, 6.45) is 5.83. The maximum atomic E-state index is 4.96. The summed E-state index contributed by atoms with van der Waals surface area (Å²) in [7, 11) is 0. The third kappa shape index (κ3) is 0.579. The Hall–Kier alpha value is -1.38. The zero-order chi connectivity index (χ0) is 6.10. The predicted molar refractivity (Wildman–Crippen MR) is 30.6 cm³/mol. The highest BCUT2D eigenvalue weighted by Crippen LogP contribution is 2.09. The van der Waals surface area contributed by atoms with Crippen LogP contribution in [-0.2, 0) is 0 Å². The van der Waals surface area contributed by atoms with Crippen LogP contribution in [0, 0.1) is 6.20 Å². The minimum atomic E-state index is 0.657. The van der Waals surface area contributed by atoms with Crippen molar-refractivity contribution in [2.45, 2.75) is 0 Å². The summed E-state index contributed by atoms with van der Waals surface area (Å²) >= 11 is 0. The van der Waals surface area contributed by atoms with Crippen LogP contribution in [0.3, 0.4) is 0 Å². The number of aromatic nitrogens is 2. The molecule has 2 heterocycles. The Bertz CT molecular complexity index is 285. The molecule has 2 aromatic rings. The maximum Gasteiger partial charge on any atom is 0.165 e. The van der Waals surface area contributed by atoms with Gasteiger partial charge in [-0.1, -0.05) is 0 Å². The molecule has 43 valence electrons. The summed E-state index contributed by atoms with van der Waals surface area (Å²) in [5.74, 6) is 0. The average Bonchev–Trinajstić information content (AvgIpc) is 2.33. The number of fused-ring (bicyclic) bond motifs is 1. The van der Waals surface area contributed by atoms with Crippen LogP contribution in [0.2, 0.25) is 0 Å². The molecule has 0 bridgehead atoms. The topological polar surface area (TPSA) is 38.9 Å². The van der Waals surface area contributed by atoms with Gasteiger partial charge < -0.3 is 4.42 Å². The second kappa shape index (κ2) is 1.55. The number of rotatable bonds is 0. The molecule has 0 aliphatic carbocycles. The van der Waals surface area contributed by atoms with Crippen molar-refractivity contribution in [3.63, 3.8) is 0 Å². The van der Waals surface area contributed by atoms with Crippen LogP contribution in [0.5, 0.6) is 0 Å². The molecule has 1 radical (unpaired) electrons. The molecule has 2 rings (SSSR count). The summed E-state index contributed by atoms with van der Waals surface area (Å²) in [6, 6.07) is 1.82. The molecule has 3 heteroatoms. The largest absolute Gasteiger partial charge is 0.462 e. The van der Waals surface area contributed by atoms with Crippen molar-refractivity contribution < 1.29 is 4.42 Å². The SMILES string of the molecule is [c]1nncc2ccoc12. The van der Waals surface area contributed by atoms with Crippen molar-refractivity contribution in [3.8, 4) is 0 Å². The summed E-state index contributed by atoms with van der Waals surface area (Å²) in [4.78, 5) is 0. The molecule has 0 N–H and O–H groups in total. The monoisotopic (exact) mass is 119 g/mol. The van der Waals surface area contributed by atoms with Gasteiger partial charge in [0.05, 0.1) is 12.5 Å². The molecule has 0 fully saturated rings. The first-order valence-electron chi connectivity index (χ1n) is 2.53. The van der Waals surface area contributed by atoms with E-state index in [0.29, 0.717) is 5.58 Å². The summed E-state index contributed by atoms with van der Waals surface area (Å²) in [6.45, 7) is 0. The third-order valence-electron chi connectivity index (χ3n) is 1.10. The molecule has 0 aromatic carbocycles. The van der Waals surface area contributed by atoms with E-state index in [-0.39, 0.29) is 0 Å². The molecule has 0 saturated heterocycles. The van der Waals surface area contributed by atoms with Gasteiger partial charge in [0.25, 0.3) is 0 Å². The van der Waals surface area contributed by atoms with E-state index in [9.17, 15) is 0 Å². The van der Waals surface area contributed by atoms with Crippen LogP contribution in [0.15, 0.2) is 22.9 Å². The van der Waals surface area contributed by atoms with Crippen molar-refractivity contribution >= 4 is 11.0 Å². The average molecular weight is 119 g/mol. The van der Waals surface area contributed by atoms with E-state index >= 15 is 0 Å². The molecule has 0 spiro atoms. The van der Waals surface area contributed by atoms with Crippen LogP contribution >= 0.6 is 0 Å². The first-order valence-corrected chi connectivity index (χ1v) is 2.53. The van der Waals surface area contributed by atoms with Crippen LogP contribution in [-0.4, -0.2) is 10.2 Å². The molecule has 2 aromatic heterocycles. The molecular formula is C6H3N2O. The Kier molecular flexibility index (Phi) is 0.773. The summed E-state index contributed by atoms with van der Waals surface area (Å²) in [5.41, 5.74) is 0.657. The predicted octanol–water partition coefficient (Wildman–Crippen LogP) is 1.02. The lowest BCUT2D eigenvalue weighted by molar-refractivity contribution is 0.612. The minimum Gasteiger partial charge on any atom is -0.462 e. The highest BCUT2D eigenvalue weighted by atomic mass is 16.3. The van der Waals surface area contributed by atoms with E-state index in [1.165, 1.54) is 0 Å². The van der Waals surface area contributed by atoms with E-state index in [1.54, 1.807) is 12.5 Å². The molecule has 9 heavy (non-hydrogen) atoms. The number of furan rings is 1. The van der Waals surface area contributed by atoms with Gasteiger partial charge in [0.15, 0.2) is 11.8 Å². The Morgan fingerprint density at radius 3 is 3.44 bits per heavy atom. The van der Waals surface area contributed by atoms with Gasteiger partial charge in [-0.3, -0.25) is 0 Å². The highest BCUT2D eigenvalue weighted by Gasteiger charge is 1.92. The minimum absolute atomic E-state index is 0.657. The van der Waals surface area contributed by atoms with E-state index < -0.39 is 0 Å². The van der Waals surface area contributed by atoms with Crippen LogP contribution in [0.1, 0.15) is 0 Å². The van der Waals surface area contributed by atoms with Crippen molar-refractivity contribution in [2.75, 3.05) is 0 Å². The lowest BCUT2D eigenvalue weighted by Crippen LogP contribution is -1.74. The number of hydrogen-bond acceptors (Lipinski definition) is 3.